The SMILES string of the molecule is O=[N+]([O-])c1cc(O)ccc1NCc1cc(Br)cs1. The first-order chi connectivity index (χ1) is 8.56. The number of nitro benzene ring substituents is 1. The van der Waals surface area contributed by atoms with E-state index in [2.05, 4.69) is 21.2 Å². The van der Waals surface area contributed by atoms with Crippen molar-refractivity contribution in [2.45, 2.75) is 6.54 Å². The van der Waals surface area contributed by atoms with Crippen LogP contribution in [0.4, 0.5) is 11.4 Å². The molecule has 0 saturated carbocycles. The lowest BCUT2D eigenvalue weighted by Crippen LogP contribution is -2.01. The summed E-state index contributed by atoms with van der Waals surface area (Å²) in [5, 5.41) is 25.0. The summed E-state index contributed by atoms with van der Waals surface area (Å²) < 4.78 is 0.990. The minimum Gasteiger partial charge on any atom is -0.508 e. The Morgan fingerprint density at radius 3 is 2.83 bits per heavy atom. The van der Waals surface area contributed by atoms with Gasteiger partial charge in [-0.15, -0.1) is 11.3 Å². The molecule has 1 heterocycles. The standard InChI is InChI=1S/C11H9BrN2O3S/c12-7-3-9(18-6-7)5-13-10-2-1-8(15)4-11(10)14(16)17/h1-4,6,13,15H,5H2. The predicted octanol–water partition coefficient (Wildman–Crippen LogP) is 3.74. The lowest BCUT2D eigenvalue weighted by Gasteiger charge is -2.05. The Bertz CT molecular complexity index is 585. The normalized spacial score (nSPS) is 10.3. The van der Waals surface area contributed by atoms with Gasteiger partial charge in [-0.1, -0.05) is 0 Å². The highest BCUT2D eigenvalue weighted by Gasteiger charge is 2.14. The monoisotopic (exact) mass is 328 g/mol. The van der Waals surface area contributed by atoms with Gasteiger partial charge in [0.15, 0.2) is 0 Å². The van der Waals surface area contributed by atoms with E-state index < -0.39 is 4.92 Å². The quantitative estimate of drug-likeness (QED) is 0.509. The second-order valence-electron chi connectivity index (χ2n) is 3.54. The highest BCUT2D eigenvalue weighted by molar-refractivity contribution is 9.10. The lowest BCUT2D eigenvalue weighted by molar-refractivity contribution is -0.384. The Morgan fingerprint density at radius 2 is 2.22 bits per heavy atom. The molecule has 7 heteroatoms. The molecular weight excluding hydrogens is 320 g/mol. The van der Waals surface area contributed by atoms with E-state index in [0.29, 0.717) is 12.2 Å². The van der Waals surface area contributed by atoms with Crippen LogP contribution < -0.4 is 5.32 Å². The Morgan fingerprint density at radius 1 is 1.44 bits per heavy atom. The Balaban J connectivity index is 2.16. The van der Waals surface area contributed by atoms with Crippen LogP contribution in [0.5, 0.6) is 5.75 Å². The van der Waals surface area contributed by atoms with Crippen LogP contribution in [-0.2, 0) is 6.54 Å². The van der Waals surface area contributed by atoms with Crippen molar-refractivity contribution in [1.29, 1.82) is 0 Å². The third kappa shape index (κ3) is 2.99. The van der Waals surface area contributed by atoms with Gasteiger partial charge in [-0.05, 0) is 34.1 Å². The first-order valence-electron chi connectivity index (χ1n) is 5.00. The molecule has 2 aromatic rings. The molecule has 0 amide bonds. The van der Waals surface area contributed by atoms with Crippen LogP contribution in [0.1, 0.15) is 4.88 Å². The molecule has 0 aliphatic rings. The summed E-state index contributed by atoms with van der Waals surface area (Å²) in [5.74, 6) is -0.119. The van der Waals surface area contributed by atoms with Gasteiger partial charge in [0.2, 0.25) is 0 Å². The number of hydrogen-bond donors (Lipinski definition) is 2. The van der Waals surface area contributed by atoms with E-state index in [1.807, 2.05) is 11.4 Å². The fourth-order valence-electron chi connectivity index (χ4n) is 1.45. The van der Waals surface area contributed by atoms with Gasteiger partial charge in [0, 0.05) is 21.3 Å². The van der Waals surface area contributed by atoms with E-state index in [1.165, 1.54) is 12.1 Å². The number of halogens is 1. The van der Waals surface area contributed by atoms with E-state index in [-0.39, 0.29) is 11.4 Å². The zero-order valence-electron chi connectivity index (χ0n) is 9.09. The first-order valence-corrected chi connectivity index (χ1v) is 6.67. The van der Waals surface area contributed by atoms with Gasteiger partial charge in [-0.2, -0.15) is 0 Å². The number of thiophene rings is 1. The van der Waals surface area contributed by atoms with Crippen LogP contribution in [0.2, 0.25) is 0 Å². The van der Waals surface area contributed by atoms with E-state index >= 15 is 0 Å². The third-order valence-corrected chi connectivity index (χ3v) is 3.95. The molecule has 0 aliphatic carbocycles. The molecule has 0 spiro atoms. The number of rotatable bonds is 4. The van der Waals surface area contributed by atoms with Crippen molar-refractivity contribution in [2.75, 3.05) is 5.32 Å². The number of benzene rings is 1. The van der Waals surface area contributed by atoms with Gasteiger partial charge < -0.3 is 10.4 Å². The summed E-state index contributed by atoms with van der Waals surface area (Å²) >= 11 is 4.90. The van der Waals surface area contributed by atoms with Crippen LogP contribution in [0.25, 0.3) is 0 Å². The molecule has 0 fully saturated rings. The Labute approximate surface area is 115 Å². The number of phenolic OH excluding ortho intramolecular Hbond substituents is 1. The number of nitro groups is 1. The van der Waals surface area contributed by atoms with Crippen molar-refractivity contribution in [3.63, 3.8) is 0 Å². The van der Waals surface area contributed by atoms with E-state index in [9.17, 15) is 15.2 Å². The van der Waals surface area contributed by atoms with Crippen molar-refractivity contribution >= 4 is 38.6 Å². The topological polar surface area (TPSA) is 75.4 Å². The van der Waals surface area contributed by atoms with Crippen molar-refractivity contribution in [2.24, 2.45) is 0 Å². The number of anilines is 1. The highest BCUT2D eigenvalue weighted by atomic mass is 79.9. The van der Waals surface area contributed by atoms with Gasteiger partial charge in [0.25, 0.3) is 5.69 Å². The maximum absolute atomic E-state index is 10.8. The molecule has 0 atom stereocenters. The van der Waals surface area contributed by atoms with Gasteiger partial charge >= 0.3 is 0 Å². The summed E-state index contributed by atoms with van der Waals surface area (Å²) in [6.45, 7) is 0.502. The third-order valence-electron chi connectivity index (χ3n) is 2.25. The fourth-order valence-corrected chi connectivity index (χ4v) is 2.84. The Hall–Kier alpha value is -1.60. The van der Waals surface area contributed by atoms with Gasteiger partial charge in [-0.25, -0.2) is 0 Å². The molecule has 0 bridgehead atoms. The molecule has 1 aromatic heterocycles. The molecule has 2 N–H and O–H groups in total. The number of nitrogens with zero attached hydrogens (tertiary/aromatic N) is 1. The minimum absolute atomic E-state index is 0.119. The van der Waals surface area contributed by atoms with Crippen molar-refractivity contribution in [3.05, 3.63) is 49.1 Å². The van der Waals surface area contributed by atoms with E-state index in [1.54, 1.807) is 11.3 Å². The largest absolute Gasteiger partial charge is 0.508 e. The van der Waals surface area contributed by atoms with Crippen LogP contribution in [-0.4, -0.2) is 10.0 Å². The lowest BCUT2D eigenvalue weighted by atomic mass is 10.2. The van der Waals surface area contributed by atoms with Crippen LogP contribution >= 0.6 is 27.3 Å². The molecule has 94 valence electrons. The van der Waals surface area contributed by atoms with Crippen LogP contribution in [0, 0.1) is 10.1 Å². The maximum atomic E-state index is 10.8. The van der Waals surface area contributed by atoms with Gasteiger partial charge in [0.05, 0.1) is 11.0 Å². The molecule has 0 unspecified atom stereocenters. The molecule has 0 aliphatic heterocycles. The van der Waals surface area contributed by atoms with Crippen LogP contribution in [0.15, 0.2) is 34.1 Å². The zero-order chi connectivity index (χ0) is 13.1. The van der Waals surface area contributed by atoms with Crippen molar-refractivity contribution in [3.8, 4) is 5.75 Å². The molecule has 0 saturated heterocycles. The fraction of sp³-hybridized carbons (Fsp3) is 0.0909. The number of hydrogen-bond acceptors (Lipinski definition) is 5. The number of aromatic hydroxyl groups is 1. The van der Waals surface area contributed by atoms with E-state index in [4.69, 9.17) is 0 Å². The summed E-state index contributed by atoms with van der Waals surface area (Å²) in [6.07, 6.45) is 0. The Kier molecular flexibility index (Phi) is 3.83. The summed E-state index contributed by atoms with van der Waals surface area (Å²) in [5.41, 5.74) is 0.257. The summed E-state index contributed by atoms with van der Waals surface area (Å²) in [6, 6.07) is 5.99. The van der Waals surface area contributed by atoms with E-state index in [0.717, 1.165) is 15.4 Å². The predicted molar refractivity (Wildman–Crippen MR) is 74.1 cm³/mol. The summed E-state index contributed by atoms with van der Waals surface area (Å²) in [7, 11) is 0. The smallest absolute Gasteiger partial charge is 0.296 e. The maximum Gasteiger partial charge on any atom is 0.296 e. The molecular formula is C11H9BrN2O3S. The average molecular weight is 329 g/mol. The number of nitrogens with one attached hydrogen (secondary N) is 1. The molecule has 0 radical (unpaired) electrons. The zero-order valence-corrected chi connectivity index (χ0v) is 11.5. The number of phenols is 1. The van der Waals surface area contributed by atoms with Crippen LogP contribution in [0.3, 0.4) is 0 Å². The molecule has 5 nitrogen and oxygen atoms in total. The second-order valence-corrected chi connectivity index (χ2v) is 5.45. The summed E-state index contributed by atoms with van der Waals surface area (Å²) in [4.78, 5) is 11.4. The van der Waals surface area contributed by atoms with Crippen molar-refractivity contribution < 1.29 is 10.0 Å². The molecule has 18 heavy (non-hydrogen) atoms. The average Bonchev–Trinajstić information content (AvgIpc) is 2.73. The van der Waals surface area contributed by atoms with Gasteiger partial charge in [0.1, 0.15) is 11.4 Å². The minimum atomic E-state index is -0.521. The highest BCUT2D eigenvalue weighted by Crippen LogP contribution is 2.29. The second kappa shape index (κ2) is 5.36. The molecule has 2 rings (SSSR count). The first kappa shape index (κ1) is 12.8. The van der Waals surface area contributed by atoms with Crippen molar-refractivity contribution in [1.82, 2.24) is 0 Å². The van der Waals surface area contributed by atoms with Gasteiger partial charge in [-0.3, -0.25) is 10.1 Å². The molecule has 1 aromatic carbocycles.